The Morgan fingerprint density at radius 3 is 2.29 bits per heavy atom. The molecule has 0 aliphatic rings. The van der Waals surface area contributed by atoms with Crippen LogP contribution in [0.1, 0.15) is 5.56 Å². The standard InChI is InChI=1S/C8H4Cl2N2O2/c1-11-4-6-7(9)2-5(12(13)14)3-8(6)10/h2-3H,4H2. The highest BCUT2D eigenvalue weighted by atomic mass is 35.5. The highest BCUT2D eigenvalue weighted by molar-refractivity contribution is 6.36. The molecule has 72 valence electrons. The SMILES string of the molecule is [C-]#[N+]Cc1c(Cl)cc([N+](=O)[O-])cc1Cl. The Kier molecular flexibility index (Phi) is 3.28. The van der Waals surface area contributed by atoms with E-state index in [0.717, 1.165) is 0 Å². The van der Waals surface area contributed by atoms with E-state index in [-0.39, 0.29) is 22.3 Å². The third-order valence-corrected chi connectivity index (χ3v) is 2.25. The molecule has 0 aromatic heterocycles. The predicted octanol–water partition coefficient (Wildman–Crippen LogP) is 3.32. The van der Waals surface area contributed by atoms with E-state index in [1.54, 1.807) is 0 Å². The number of nitrogens with zero attached hydrogens (tertiary/aromatic N) is 2. The fourth-order valence-electron chi connectivity index (χ4n) is 0.925. The summed E-state index contributed by atoms with van der Waals surface area (Å²) in [5, 5.41) is 10.7. The molecule has 0 aliphatic heterocycles. The lowest BCUT2D eigenvalue weighted by Gasteiger charge is -2.00. The first-order valence-corrected chi connectivity index (χ1v) is 4.27. The number of hydrogen-bond acceptors (Lipinski definition) is 2. The zero-order valence-electron chi connectivity index (χ0n) is 6.83. The van der Waals surface area contributed by atoms with Crippen molar-refractivity contribution in [3.05, 3.63) is 49.3 Å². The minimum Gasteiger partial charge on any atom is -0.312 e. The third kappa shape index (κ3) is 2.13. The number of rotatable bonds is 2. The average Bonchev–Trinajstić information content (AvgIpc) is 2.10. The van der Waals surface area contributed by atoms with Crippen LogP contribution in [0.25, 0.3) is 4.85 Å². The second-order valence-corrected chi connectivity index (χ2v) is 3.28. The molecule has 1 rings (SSSR count). The van der Waals surface area contributed by atoms with Crippen molar-refractivity contribution in [2.45, 2.75) is 6.54 Å². The molecule has 0 atom stereocenters. The minimum absolute atomic E-state index is 0.0235. The predicted molar refractivity (Wildman–Crippen MR) is 53.4 cm³/mol. The molecule has 0 heterocycles. The Balaban J connectivity index is 3.26. The van der Waals surface area contributed by atoms with E-state index in [4.69, 9.17) is 29.8 Å². The van der Waals surface area contributed by atoms with Gasteiger partial charge in [0.05, 0.1) is 20.5 Å². The van der Waals surface area contributed by atoms with Crippen LogP contribution in [0, 0.1) is 16.7 Å². The van der Waals surface area contributed by atoms with Crippen LogP contribution in [0.2, 0.25) is 10.0 Å². The van der Waals surface area contributed by atoms with Gasteiger partial charge in [-0.2, -0.15) is 0 Å². The number of nitro benzene ring substituents is 1. The van der Waals surface area contributed by atoms with E-state index in [1.807, 2.05) is 0 Å². The van der Waals surface area contributed by atoms with E-state index in [1.165, 1.54) is 12.1 Å². The molecule has 1 aromatic carbocycles. The monoisotopic (exact) mass is 230 g/mol. The molecule has 0 saturated carbocycles. The quantitative estimate of drug-likeness (QED) is 0.445. The Labute approximate surface area is 90.0 Å². The fraction of sp³-hybridized carbons (Fsp3) is 0.125. The van der Waals surface area contributed by atoms with Crippen LogP contribution in [-0.4, -0.2) is 4.92 Å². The van der Waals surface area contributed by atoms with Gasteiger partial charge in [0.15, 0.2) is 0 Å². The molecule has 0 unspecified atom stereocenters. The van der Waals surface area contributed by atoms with Crippen molar-refractivity contribution in [2.75, 3.05) is 0 Å². The van der Waals surface area contributed by atoms with Gasteiger partial charge in [-0.3, -0.25) is 10.1 Å². The van der Waals surface area contributed by atoms with Crippen molar-refractivity contribution in [1.82, 2.24) is 0 Å². The maximum atomic E-state index is 10.4. The molecule has 0 radical (unpaired) electrons. The average molecular weight is 231 g/mol. The Morgan fingerprint density at radius 1 is 1.43 bits per heavy atom. The molecule has 0 saturated heterocycles. The van der Waals surface area contributed by atoms with Crippen molar-refractivity contribution in [2.24, 2.45) is 0 Å². The Morgan fingerprint density at radius 2 is 1.93 bits per heavy atom. The molecular weight excluding hydrogens is 227 g/mol. The molecule has 0 spiro atoms. The summed E-state index contributed by atoms with van der Waals surface area (Å²) < 4.78 is 0. The Hall–Kier alpha value is -1.31. The van der Waals surface area contributed by atoms with Gasteiger partial charge < -0.3 is 4.85 Å². The van der Waals surface area contributed by atoms with Gasteiger partial charge in [-0.05, 0) is 0 Å². The molecule has 0 aliphatic carbocycles. The maximum absolute atomic E-state index is 10.4. The van der Waals surface area contributed by atoms with Crippen molar-refractivity contribution < 1.29 is 4.92 Å². The normalized spacial score (nSPS) is 9.50. The first kappa shape index (κ1) is 10.8. The topological polar surface area (TPSA) is 47.5 Å². The summed E-state index contributed by atoms with van der Waals surface area (Å²) >= 11 is 11.5. The Bertz CT molecular complexity index is 403. The molecule has 0 amide bonds. The summed E-state index contributed by atoms with van der Waals surface area (Å²) in [4.78, 5) is 12.9. The molecule has 0 fully saturated rings. The van der Waals surface area contributed by atoms with Gasteiger partial charge in [-0.15, -0.1) is 0 Å². The summed E-state index contributed by atoms with van der Waals surface area (Å²) in [5.41, 5.74) is 0.252. The summed E-state index contributed by atoms with van der Waals surface area (Å²) in [6.07, 6.45) is 0. The first-order valence-electron chi connectivity index (χ1n) is 3.51. The van der Waals surface area contributed by atoms with Gasteiger partial charge >= 0.3 is 0 Å². The van der Waals surface area contributed by atoms with E-state index in [0.29, 0.717) is 5.56 Å². The molecule has 0 N–H and O–H groups in total. The van der Waals surface area contributed by atoms with Crippen molar-refractivity contribution in [3.8, 4) is 0 Å². The van der Waals surface area contributed by atoms with Crippen LogP contribution in [0.4, 0.5) is 5.69 Å². The zero-order chi connectivity index (χ0) is 10.7. The molecule has 0 bridgehead atoms. The zero-order valence-corrected chi connectivity index (χ0v) is 8.34. The second kappa shape index (κ2) is 4.27. The lowest BCUT2D eigenvalue weighted by molar-refractivity contribution is -0.384. The van der Waals surface area contributed by atoms with Crippen LogP contribution < -0.4 is 0 Å². The number of halogens is 2. The van der Waals surface area contributed by atoms with E-state index < -0.39 is 4.92 Å². The second-order valence-electron chi connectivity index (χ2n) is 2.46. The van der Waals surface area contributed by atoms with Crippen LogP contribution >= 0.6 is 23.2 Å². The van der Waals surface area contributed by atoms with Crippen LogP contribution in [0.5, 0.6) is 0 Å². The van der Waals surface area contributed by atoms with Gasteiger partial charge in [0.25, 0.3) is 5.69 Å². The van der Waals surface area contributed by atoms with E-state index in [2.05, 4.69) is 4.85 Å². The van der Waals surface area contributed by atoms with Gasteiger partial charge in [0.1, 0.15) is 0 Å². The van der Waals surface area contributed by atoms with Crippen molar-refractivity contribution >= 4 is 28.9 Å². The van der Waals surface area contributed by atoms with Gasteiger partial charge in [0.2, 0.25) is 6.54 Å². The van der Waals surface area contributed by atoms with Gasteiger partial charge in [0, 0.05) is 12.1 Å². The van der Waals surface area contributed by atoms with Crippen molar-refractivity contribution in [1.29, 1.82) is 0 Å². The van der Waals surface area contributed by atoms with Crippen molar-refractivity contribution in [3.63, 3.8) is 0 Å². The van der Waals surface area contributed by atoms with Gasteiger partial charge in [-0.1, -0.05) is 23.2 Å². The minimum atomic E-state index is -0.584. The lowest BCUT2D eigenvalue weighted by atomic mass is 10.2. The molecule has 1 aromatic rings. The van der Waals surface area contributed by atoms with E-state index in [9.17, 15) is 10.1 Å². The highest BCUT2D eigenvalue weighted by Crippen LogP contribution is 2.30. The van der Waals surface area contributed by atoms with E-state index >= 15 is 0 Å². The smallest absolute Gasteiger partial charge is 0.272 e. The summed E-state index contributed by atoms with van der Waals surface area (Å²) in [6, 6.07) is 2.38. The van der Waals surface area contributed by atoms with Gasteiger partial charge in [-0.25, -0.2) is 6.57 Å². The van der Waals surface area contributed by atoms with Crippen LogP contribution in [0.3, 0.4) is 0 Å². The van der Waals surface area contributed by atoms with Crippen LogP contribution in [-0.2, 0) is 6.54 Å². The number of hydrogen-bond donors (Lipinski definition) is 0. The molecule has 6 heteroatoms. The third-order valence-electron chi connectivity index (χ3n) is 1.57. The summed E-state index contributed by atoms with van der Waals surface area (Å²) in [6.45, 7) is 6.67. The first-order chi connectivity index (χ1) is 6.56. The maximum Gasteiger partial charge on any atom is 0.272 e. The largest absolute Gasteiger partial charge is 0.312 e. The molecular formula is C8H4Cl2N2O2. The number of benzene rings is 1. The molecule has 4 nitrogen and oxygen atoms in total. The molecule has 14 heavy (non-hydrogen) atoms. The highest BCUT2D eigenvalue weighted by Gasteiger charge is 2.15. The summed E-state index contributed by atoms with van der Waals surface area (Å²) in [5.74, 6) is 0. The lowest BCUT2D eigenvalue weighted by Crippen LogP contribution is -1.91. The number of non-ortho nitro benzene ring substituents is 1. The fourth-order valence-corrected chi connectivity index (χ4v) is 1.52. The summed E-state index contributed by atoms with van der Waals surface area (Å²) in [7, 11) is 0. The van der Waals surface area contributed by atoms with Crippen LogP contribution in [0.15, 0.2) is 12.1 Å². The number of nitro groups is 1.